The van der Waals surface area contributed by atoms with Gasteiger partial charge in [0.25, 0.3) is 5.91 Å². The number of pyridine rings is 2. The van der Waals surface area contributed by atoms with Gasteiger partial charge < -0.3 is 10.4 Å². The van der Waals surface area contributed by atoms with Crippen LogP contribution in [0.25, 0.3) is 33.8 Å². The molecular weight excluding hydrogens is 466 g/mol. The van der Waals surface area contributed by atoms with Gasteiger partial charge in [0.2, 0.25) is 0 Å². The van der Waals surface area contributed by atoms with Crippen molar-refractivity contribution in [2.24, 2.45) is 0 Å². The van der Waals surface area contributed by atoms with Gasteiger partial charge in [-0.1, -0.05) is 20.8 Å². The predicted octanol–water partition coefficient (Wildman–Crippen LogP) is 4.03. The summed E-state index contributed by atoms with van der Waals surface area (Å²) in [5, 5.41) is 17.0. The maximum atomic E-state index is 14.8. The Morgan fingerprint density at radius 1 is 1.06 bits per heavy atom. The monoisotopic (exact) mass is 490 g/mol. The second-order valence-corrected chi connectivity index (χ2v) is 9.45. The van der Waals surface area contributed by atoms with Crippen LogP contribution in [0.3, 0.4) is 0 Å². The molecule has 2 N–H and O–H groups in total. The number of aromatic nitrogens is 5. The lowest BCUT2D eigenvalue weighted by Gasteiger charge is -2.14. The molecule has 0 unspecified atom stereocenters. The number of aliphatic hydroxyl groups is 1. The molecule has 10 heteroatoms. The molecule has 5 aromatic rings. The van der Waals surface area contributed by atoms with E-state index in [9.17, 15) is 13.6 Å². The van der Waals surface area contributed by atoms with Crippen LogP contribution < -0.4 is 5.32 Å². The van der Waals surface area contributed by atoms with Crippen LogP contribution in [0.4, 0.5) is 8.78 Å². The molecule has 0 bridgehead atoms. The summed E-state index contributed by atoms with van der Waals surface area (Å²) in [7, 11) is 0. The van der Waals surface area contributed by atoms with Crippen LogP contribution in [0, 0.1) is 11.6 Å². The Balaban J connectivity index is 1.69. The lowest BCUT2D eigenvalue weighted by Crippen LogP contribution is -2.26. The van der Waals surface area contributed by atoms with Gasteiger partial charge in [0.15, 0.2) is 5.82 Å². The number of benzene rings is 1. The average molecular weight is 491 g/mol. The molecule has 4 aromatic heterocycles. The van der Waals surface area contributed by atoms with Crippen molar-refractivity contribution in [1.82, 2.24) is 29.5 Å². The normalized spacial score (nSPS) is 11.9. The van der Waals surface area contributed by atoms with Crippen molar-refractivity contribution < 1.29 is 18.7 Å². The summed E-state index contributed by atoms with van der Waals surface area (Å²) in [6.45, 7) is 5.94. The molecular formula is C26H24F2N6O2. The van der Waals surface area contributed by atoms with Crippen molar-refractivity contribution in [3.63, 3.8) is 0 Å². The molecule has 8 nitrogen and oxygen atoms in total. The minimum atomic E-state index is -0.740. The number of rotatable bonds is 5. The topological polar surface area (TPSA) is 97.3 Å². The number of halogens is 2. The maximum absolute atomic E-state index is 14.8. The van der Waals surface area contributed by atoms with E-state index >= 15 is 0 Å². The lowest BCUT2D eigenvalue weighted by molar-refractivity contribution is 0.0940. The second-order valence-electron chi connectivity index (χ2n) is 9.45. The third kappa shape index (κ3) is 4.20. The Morgan fingerprint density at radius 3 is 2.56 bits per heavy atom. The molecule has 0 saturated heterocycles. The summed E-state index contributed by atoms with van der Waals surface area (Å²) in [5.74, 6) is -1.82. The molecule has 0 aliphatic rings. The lowest BCUT2D eigenvalue weighted by atomic mass is 9.92. The first-order valence-electron chi connectivity index (χ1n) is 11.4. The van der Waals surface area contributed by atoms with Gasteiger partial charge in [-0.05, 0) is 42.5 Å². The first-order chi connectivity index (χ1) is 17.2. The van der Waals surface area contributed by atoms with Crippen molar-refractivity contribution in [1.29, 1.82) is 0 Å². The number of imidazole rings is 1. The van der Waals surface area contributed by atoms with Crippen molar-refractivity contribution in [2.45, 2.75) is 26.2 Å². The van der Waals surface area contributed by atoms with Gasteiger partial charge in [-0.3, -0.25) is 9.20 Å². The van der Waals surface area contributed by atoms with Crippen molar-refractivity contribution in [3.05, 3.63) is 77.8 Å². The largest absolute Gasteiger partial charge is 0.395 e. The molecule has 4 heterocycles. The van der Waals surface area contributed by atoms with E-state index in [4.69, 9.17) is 10.1 Å². The Morgan fingerprint density at radius 2 is 1.83 bits per heavy atom. The van der Waals surface area contributed by atoms with Crippen molar-refractivity contribution in [3.8, 4) is 17.1 Å². The zero-order valence-corrected chi connectivity index (χ0v) is 20.0. The fourth-order valence-corrected chi connectivity index (χ4v) is 3.91. The zero-order chi connectivity index (χ0) is 25.6. The van der Waals surface area contributed by atoms with Crippen molar-refractivity contribution >= 4 is 22.6 Å². The summed E-state index contributed by atoms with van der Waals surface area (Å²) in [6.07, 6.45) is 1.58. The van der Waals surface area contributed by atoms with Crippen LogP contribution in [0.5, 0.6) is 0 Å². The molecule has 0 saturated carbocycles. The van der Waals surface area contributed by atoms with Crippen molar-refractivity contribution in [2.75, 3.05) is 13.2 Å². The third-order valence-corrected chi connectivity index (χ3v) is 5.79. The molecule has 0 spiro atoms. The average Bonchev–Trinajstić information content (AvgIpc) is 3.47. The summed E-state index contributed by atoms with van der Waals surface area (Å²) in [4.78, 5) is 21.6. The van der Waals surface area contributed by atoms with E-state index in [1.54, 1.807) is 22.7 Å². The van der Waals surface area contributed by atoms with Gasteiger partial charge in [0.05, 0.1) is 23.7 Å². The summed E-state index contributed by atoms with van der Waals surface area (Å²) in [6, 6.07) is 12.5. The third-order valence-electron chi connectivity index (χ3n) is 5.79. The molecule has 5 rings (SSSR count). The summed E-state index contributed by atoms with van der Waals surface area (Å²) >= 11 is 0. The van der Waals surface area contributed by atoms with Crippen LogP contribution in [0.15, 0.2) is 54.7 Å². The summed E-state index contributed by atoms with van der Waals surface area (Å²) in [5.41, 5.74) is 2.79. The van der Waals surface area contributed by atoms with Gasteiger partial charge in [-0.2, -0.15) is 5.10 Å². The number of carbonyl (C=O) groups excluding carboxylic acids is 1. The fraction of sp³-hybridized carbons (Fsp3) is 0.231. The second kappa shape index (κ2) is 8.80. The minimum Gasteiger partial charge on any atom is -0.395 e. The highest BCUT2D eigenvalue weighted by atomic mass is 19.1. The highest BCUT2D eigenvalue weighted by Crippen LogP contribution is 2.31. The highest BCUT2D eigenvalue weighted by Gasteiger charge is 2.23. The Bertz CT molecular complexity index is 1620. The molecule has 36 heavy (non-hydrogen) atoms. The highest BCUT2D eigenvalue weighted by molar-refractivity contribution is 5.93. The zero-order valence-electron chi connectivity index (χ0n) is 20.0. The number of amides is 1. The SMILES string of the molecule is CC(C)(C)c1cc(-c2ccc3ccc4nc(C(=O)NCCO)cn4c3n2)n(-c2ccc(F)cc2F)n1. The Labute approximate surface area is 205 Å². The fourth-order valence-electron chi connectivity index (χ4n) is 3.91. The number of fused-ring (bicyclic) bond motifs is 3. The van der Waals surface area contributed by atoms with Crippen LogP contribution >= 0.6 is 0 Å². The van der Waals surface area contributed by atoms with Gasteiger partial charge in [0, 0.05) is 29.6 Å². The predicted molar refractivity (Wildman–Crippen MR) is 131 cm³/mol. The molecule has 1 amide bonds. The maximum Gasteiger partial charge on any atom is 0.271 e. The minimum absolute atomic E-state index is 0.104. The van der Waals surface area contributed by atoms with E-state index in [0.29, 0.717) is 28.4 Å². The van der Waals surface area contributed by atoms with E-state index in [0.717, 1.165) is 11.5 Å². The number of nitrogens with zero attached hydrogens (tertiary/aromatic N) is 5. The van der Waals surface area contributed by atoms with Crippen LogP contribution in [0.2, 0.25) is 0 Å². The number of hydrogen-bond acceptors (Lipinski definition) is 5. The molecule has 0 radical (unpaired) electrons. The van der Waals surface area contributed by atoms with Gasteiger partial charge >= 0.3 is 0 Å². The van der Waals surface area contributed by atoms with E-state index in [2.05, 4.69) is 15.4 Å². The first-order valence-corrected chi connectivity index (χ1v) is 11.4. The number of hydrogen-bond donors (Lipinski definition) is 2. The van der Waals surface area contributed by atoms with E-state index in [1.807, 2.05) is 39.0 Å². The number of carbonyl (C=O) groups is 1. The molecule has 0 fully saturated rings. The van der Waals surface area contributed by atoms with Gasteiger partial charge in [-0.15, -0.1) is 0 Å². The molecule has 1 aromatic carbocycles. The number of aliphatic hydroxyl groups excluding tert-OH is 1. The Kier molecular flexibility index (Phi) is 5.76. The smallest absolute Gasteiger partial charge is 0.271 e. The van der Waals surface area contributed by atoms with Crippen LogP contribution in [-0.2, 0) is 5.41 Å². The van der Waals surface area contributed by atoms with E-state index in [1.165, 1.54) is 16.8 Å². The molecule has 0 atom stereocenters. The van der Waals surface area contributed by atoms with E-state index in [-0.39, 0.29) is 29.9 Å². The molecule has 184 valence electrons. The van der Waals surface area contributed by atoms with E-state index < -0.39 is 17.5 Å². The quantitative estimate of drug-likeness (QED) is 0.388. The first kappa shape index (κ1) is 23.6. The van der Waals surface area contributed by atoms with Gasteiger partial charge in [0.1, 0.15) is 28.5 Å². The van der Waals surface area contributed by atoms with Gasteiger partial charge in [-0.25, -0.2) is 23.4 Å². The van der Waals surface area contributed by atoms with Crippen LogP contribution in [0.1, 0.15) is 37.0 Å². The standard InChI is InChI=1S/C26H24F2N6O2/c1-26(2,3)22-13-21(34(32-22)20-8-6-16(27)12-17(20)28)18-7-4-15-5-9-23-30-19(25(36)29-10-11-35)14-33(23)24(15)31-18/h4-9,12-14,35H,10-11H2,1-3H3,(H,29,36). The Hall–Kier alpha value is -4.18. The number of nitrogens with one attached hydrogen (secondary N) is 1. The van der Waals surface area contributed by atoms with Crippen LogP contribution in [-0.4, -0.2) is 48.3 Å². The molecule has 0 aliphatic heterocycles. The molecule has 0 aliphatic carbocycles. The summed E-state index contributed by atoms with van der Waals surface area (Å²) < 4.78 is 31.5.